The normalized spacial score (nSPS) is 10.5. The number of carbonyl (C=O) groups is 2. The lowest BCUT2D eigenvalue weighted by atomic mass is 10.1. The Labute approximate surface area is 293 Å². The van der Waals surface area contributed by atoms with Gasteiger partial charge in [0.05, 0.1) is 14.2 Å². The van der Waals surface area contributed by atoms with Crippen molar-refractivity contribution in [2.24, 2.45) is 0 Å². The number of nitrogens with zero attached hydrogens (tertiary/aromatic N) is 2. The molecule has 5 aromatic rings. The van der Waals surface area contributed by atoms with Crippen molar-refractivity contribution < 1.29 is 28.5 Å². The highest BCUT2D eigenvalue weighted by atomic mass is 35.5. The van der Waals surface area contributed by atoms with E-state index in [0.29, 0.717) is 11.3 Å². The van der Waals surface area contributed by atoms with Crippen LogP contribution in [0, 0.1) is 41.5 Å². The number of rotatable bonds is 9. The summed E-state index contributed by atoms with van der Waals surface area (Å²) in [6.45, 7) is 11.9. The fourth-order valence-electron chi connectivity index (χ4n) is 5.49. The van der Waals surface area contributed by atoms with Crippen LogP contribution < -0.4 is 9.47 Å². The molecule has 0 atom stereocenters. The van der Waals surface area contributed by atoms with Crippen LogP contribution in [0.5, 0.6) is 23.3 Å². The van der Waals surface area contributed by atoms with Gasteiger partial charge in [-0.1, -0.05) is 77.3 Å². The molecule has 0 saturated heterocycles. The van der Waals surface area contributed by atoms with E-state index < -0.39 is 11.9 Å². The standard InChI is InChI=1S/C24H25NO3.C16H16ClNO3/c1-16-14-17(2)22(18(3)15-16)28-23-21(24(26)27-4)13-12-20(25-23)11-10-19-8-6-5-7-9-19;1-9-7-10(2)14(11(3)8-9)21-15-12(16(19)20-4)5-6-13(17)18-15/h5-9,12-15H,10-11H2,1-4H3;5-8H,1-4H3. The molecule has 0 aliphatic heterocycles. The van der Waals surface area contributed by atoms with Gasteiger partial charge in [0.15, 0.2) is 0 Å². The van der Waals surface area contributed by atoms with Crippen LogP contribution in [-0.4, -0.2) is 36.1 Å². The van der Waals surface area contributed by atoms with E-state index in [1.807, 2.05) is 77.9 Å². The van der Waals surface area contributed by atoms with Crippen LogP contribution in [0.1, 0.15) is 65.4 Å². The summed E-state index contributed by atoms with van der Waals surface area (Å²) in [5, 5.41) is 0.250. The monoisotopic (exact) mass is 680 g/mol. The zero-order valence-corrected chi connectivity index (χ0v) is 29.9. The van der Waals surface area contributed by atoms with Crippen molar-refractivity contribution in [3.05, 3.63) is 140 Å². The van der Waals surface area contributed by atoms with Crippen LogP contribution in [0.15, 0.2) is 78.9 Å². The summed E-state index contributed by atoms with van der Waals surface area (Å²) in [5.41, 5.74) is 8.92. The molecule has 0 bridgehead atoms. The van der Waals surface area contributed by atoms with Gasteiger partial charge in [-0.25, -0.2) is 19.6 Å². The number of aryl methyl sites for hydroxylation is 8. The van der Waals surface area contributed by atoms with Gasteiger partial charge in [0.2, 0.25) is 11.8 Å². The molecule has 0 N–H and O–H groups in total. The summed E-state index contributed by atoms with van der Waals surface area (Å²) in [5.74, 6) is 0.844. The number of aromatic nitrogens is 2. The van der Waals surface area contributed by atoms with Crippen LogP contribution in [0.2, 0.25) is 5.15 Å². The third-order valence-electron chi connectivity index (χ3n) is 7.67. The maximum atomic E-state index is 12.2. The van der Waals surface area contributed by atoms with Crippen molar-refractivity contribution in [2.45, 2.75) is 54.4 Å². The molecule has 5 rings (SSSR count). The van der Waals surface area contributed by atoms with Crippen LogP contribution in [0.3, 0.4) is 0 Å². The largest absolute Gasteiger partial charge is 0.465 e. The van der Waals surface area contributed by atoms with Crippen molar-refractivity contribution in [1.29, 1.82) is 0 Å². The number of hydrogen-bond acceptors (Lipinski definition) is 8. The van der Waals surface area contributed by atoms with Crippen LogP contribution >= 0.6 is 11.6 Å². The predicted molar refractivity (Wildman–Crippen MR) is 191 cm³/mol. The number of carbonyl (C=O) groups excluding carboxylic acids is 2. The van der Waals surface area contributed by atoms with E-state index >= 15 is 0 Å². The Morgan fingerprint density at radius 3 is 1.51 bits per heavy atom. The van der Waals surface area contributed by atoms with Crippen molar-refractivity contribution >= 4 is 23.5 Å². The Morgan fingerprint density at radius 1 is 0.592 bits per heavy atom. The Balaban J connectivity index is 0.000000230. The Morgan fingerprint density at radius 2 is 1.04 bits per heavy atom. The van der Waals surface area contributed by atoms with Gasteiger partial charge in [-0.2, -0.15) is 0 Å². The first kappa shape index (κ1) is 36.6. The molecule has 2 heterocycles. The maximum absolute atomic E-state index is 12.2. The average molecular weight is 681 g/mol. The SMILES string of the molecule is COC(=O)c1ccc(CCc2ccccc2)nc1Oc1c(C)cc(C)cc1C.COC(=O)c1ccc(Cl)nc1Oc1c(C)cc(C)cc1C. The van der Waals surface area contributed by atoms with Crippen LogP contribution in [-0.2, 0) is 22.3 Å². The summed E-state index contributed by atoms with van der Waals surface area (Å²) < 4.78 is 21.6. The third kappa shape index (κ3) is 9.67. The van der Waals surface area contributed by atoms with Crippen molar-refractivity contribution in [1.82, 2.24) is 9.97 Å². The molecule has 0 fully saturated rings. The first-order chi connectivity index (χ1) is 23.4. The minimum atomic E-state index is -0.517. The molecule has 0 aliphatic rings. The van der Waals surface area contributed by atoms with Gasteiger partial charge in [0.1, 0.15) is 27.8 Å². The average Bonchev–Trinajstić information content (AvgIpc) is 3.07. The van der Waals surface area contributed by atoms with E-state index in [9.17, 15) is 9.59 Å². The molecule has 0 saturated carbocycles. The predicted octanol–water partition coefficient (Wildman–Crippen LogP) is 9.61. The molecule has 8 nitrogen and oxygen atoms in total. The summed E-state index contributed by atoms with van der Waals surface area (Å²) in [7, 11) is 2.67. The smallest absolute Gasteiger partial charge is 0.343 e. The van der Waals surface area contributed by atoms with E-state index in [0.717, 1.165) is 52.1 Å². The van der Waals surface area contributed by atoms with E-state index in [4.69, 9.17) is 30.5 Å². The quantitative estimate of drug-likeness (QED) is 0.112. The lowest BCUT2D eigenvalue weighted by Gasteiger charge is -2.15. The topological polar surface area (TPSA) is 96.8 Å². The number of pyridine rings is 2. The molecule has 49 heavy (non-hydrogen) atoms. The van der Waals surface area contributed by atoms with Gasteiger partial charge in [-0.05, 0) is 106 Å². The van der Waals surface area contributed by atoms with Gasteiger partial charge >= 0.3 is 11.9 Å². The van der Waals surface area contributed by atoms with Gasteiger partial charge in [0, 0.05) is 5.69 Å². The molecule has 2 aromatic heterocycles. The molecular weight excluding hydrogens is 640 g/mol. The number of ether oxygens (including phenoxy) is 4. The zero-order valence-electron chi connectivity index (χ0n) is 29.1. The first-order valence-electron chi connectivity index (χ1n) is 15.8. The Hall–Kier alpha value is -5.21. The highest BCUT2D eigenvalue weighted by Gasteiger charge is 2.19. The van der Waals surface area contributed by atoms with Gasteiger partial charge < -0.3 is 18.9 Å². The lowest BCUT2D eigenvalue weighted by molar-refractivity contribution is 0.0587. The number of esters is 2. The summed E-state index contributed by atoms with van der Waals surface area (Å²) in [4.78, 5) is 32.7. The van der Waals surface area contributed by atoms with E-state index in [1.54, 1.807) is 6.07 Å². The minimum Gasteiger partial charge on any atom is -0.465 e. The first-order valence-corrected chi connectivity index (χ1v) is 16.2. The van der Waals surface area contributed by atoms with Crippen molar-refractivity contribution in [2.75, 3.05) is 14.2 Å². The molecule has 0 radical (unpaired) electrons. The Kier molecular flexibility index (Phi) is 12.5. The second-order valence-electron chi connectivity index (χ2n) is 11.8. The molecule has 0 spiro atoms. The fraction of sp³-hybridized carbons (Fsp3) is 0.250. The molecule has 0 unspecified atom stereocenters. The van der Waals surface area contributed by atoms with E-state index in [-0.39, 0.29) is 22.5 Å². The minimum absolute atomic E-state index is 0.143. The van der Waals surface area contributed by atoms with Gasteiger partial charge in [0.25, 0.3) is 0 Å². The summed E-state index contributed by atoms with van der Waals surface area (Å²) in [6, 6.07) is 25.0. The van der Waals surface area contributed by atoms with Crippen molar-refractivity contribution in [3.8, 4) is 23.3 Å². The second kappa shape index (κ2) is 16.8. The summed E-state index contributed by atoms with van der Waals surface area (Å²) in [6.07, 6.45) is 1.63. The number of benzene rings is 3. The number of methoxy groups -OCH3 is 2. The highest BCUT2D eigenvalue weighted by molar-refractivity contribution is 6.29. The van der Waals surface area contributed by atoms with Crippen LogP contribution in [0.4, 0.5) is 0 Å². The molecule has 0 aliphatic carbocycles. The molecule has 9 heteroatoms. The second-order valence-corrected chi connectivity index (χ2v) is 12.2. The third-order valence-corrected chi connectivity index (χ3v) is 7.88. The lowest BCUT2D eigenvalue weighted by Crippen LogP contribution is -2.08. The summed E-state index contributed by atoms with van der Waals surface area (Å²) >= 11 is 5.89. The molecule has 3 aromatic carbocycles. The fourth-order valence-corrected chi connectivity index (χ4v) is 5.63. The zero-order chi connectivity index (χ0) is 35.7. The number of halogens is 1. The van der Waals surface area contributed by atoms with Crippen molar-refractivity contribution in [3.63, 3.8) is 0 Å². The van der Waals surface area contributed by atoms with Gasteiger partial charge in [-0.15, -0.1) is 0 Å². The molecule has 0 amide bonds. The van der Waals surface area contributed by atoms with E-state index in [1.165, 1.54) is 37.5 Å². The highest BCUT2D eigenvalue weighted by Crippen LogP contribution is 2.33. The molecule has 254 valence electrons. The Bertz CT molecular complexity index is 1910. The maximum Gasteiger partial charge on any atom is 0.343 e. The van der Waals surface area contributed by atoms with Gasteiger partial charge in [-0.3, -0.25) is 0 Å². The number of hydrogen-bond donors (Lipinski definition) is 0. The van der Waals surface area contributed by atoms with Crippen LogP contribution in [0.25, 0.3) is 0 Å². The molecular formula is C40H41ClN2O6. The van der Waals surface area contributed by atoms with E-state index in [2.05, 4.69) is 34.2 Å².